The number of aliphatic hydroxyl groups is 1. The summed E-state index contributed by atoms with van der Waals surface area (Å²) in [7, 11) is 0. The lowest BCUT2D eigenvalue weighted by Gasteiger charge is -2.27. The second kappa shape index (κ2) is 7.57. The van der Waals surface area contributed by atoms with Gasteiger partial charge in [-0.3, -0.25) is 4.79 Å². The zero-order valence-electron chi connectivity index (χ0n) is 12.6. The van der Waals surface area contributed by atoms with Gasteiger partial charge in [-0.2, -0.15) is 0 Å². The smallest absolute Gasteiger partial charge is 0.237 e. The molecule has 116 valence electrons. The average molecular weight is 290 g/mol. The zero-order chi connectivity index (χ0) is 15.1. The van der Waals surface area contributed by atoms with Gasteiger partial charge in [0.15, 0.2) is 0 Å². The van der Waals surface area contributed by atoms with Gasteiger partial charge in [0.25, 0.3) is 0 Å². The first-order chi connectivity index (χ1) is 10.1. The SMILES string of the molecule is N[C@@H](Cc1ccccc1)C(=O)NCC1(O)CCCCCC1. The maximum Gasteiger partial charge on any atom is 0.237 e. The molecule has 0 saturated heterocycles. The summed E-state index contributed by atoms with van der Waals surface area (Å²) in [6.07, 6.45) is 6.45. The average Bonchev–Trinajstić information content (AvgIpc) is 2.71. The molecule has 0 heterocycles. The van der Waals surface area contributed by atoms with Gasteiger partial charge in [0, 0.05) is 6.54 Å². The van der Waals surface area contributed by atoms with Gasteiger partial charge in [-0.1, -0.05) is 56.0 Å². The number of rotatable bonds is 5. The number of carbonyl (C=O) groups excluding carboxylic acids is 1. The van der Waals surface area contributed by atoms with Crippen molar-refractivity contribution in [2.24, 2.45) is 5.73 Å². The molecular formula is C17H26N2O2. The molecule has 1 aromatic rings. The third-order valence-corrected chi connectivity index (χ3v) is 4.26. The maximum absolute atomic E-state index is 12.1. The van der Waals surface area contributed by atoms with Crippen LogP contribution in [0.5, 0.6) is 0 Å². The van der Waals surface area contributed by atoms with Crippen LogP contribution < -0.4 is 11.1 Å². The van der Waals surface area contributed by atoms with Crippen LogP contribution in [-0.4, -0.2) is 29.2 Å². The highest BCUT2D eigenvalue weighted by Crippen LogP contribution is 2.26. The minimum absolute atomic E-state index is 0.184. The Bertz CT molecular complexity index is 439. The van der Waals surface area contributed by atoms with Gasteiger partial charge in [-0.05, 0) is 24.8 Å². The third kappa shape index (κ3) is 5.14. The number of benzene rings is 1. The molecule has 1 amide bonds. The predicted octanol–water partition coefficient (Wildman–Crippen LogP) is 1.76. The zero-order valence-corrected chi connectivity index (χ0v) is 12.6. The molecule has 4 heteroatoms. The Balaban J connectivity index is 1.80. The molecule has 1 saturated carbocycles. The van der Waals surface area contributed by atoms with Crippen LogP contribution in [0, 0.1) is 0 Å². The number of carbonyl (C=O) groups is 1. The number of nitrogens with two attached hydrogens (primary N) is 1. The van der Waals surface area contributed by atoms with E-state index in [2.05, 4.69) is 5.32 Å². The third-order valence-electron chi connectivity index (χ3n) is 4.26. The van der Waals surface area contributed by atoms with E-state index in [-0.39, 0.29) is 5.91 Å². The topological polar surface area (TPSA) is 75.4 Å². The second-order valence-corrected chi connectivity index (χ2v) is 6.15. The first kappa shape index (κ1) is 16.0. The molecule has 1 aliphatic rings. The number of hydrogen-bond acceptors (Lipinski definition) is 3. The fourth-order valence-corrected chi connectivity index (χ4v) is 2.91. The fourth-order valence-electron chi connectivity index (χ4n) is 2.91. The van der Waals surface area contributed by atoms with Crippen molar-refractivity contribution in [2.45, 2.75) is 56.6 Å². The van der Waals surface area contributed by atoms with Crippen LogP contribution in [0.1, 0.15) is 44.1 Å². The van der Waals surface area contributed by atoms with Crippen molar-refractivity contribution in [2.75, 3.05) is 6.54 Å². The lowest BCUT2D eigenvalue weighted by atomic mass is 9.94. The van der Waals surface area contributed by atoms with Crippen LogP contribution in [-0.2, 0) is 11.2 Å². The quantitative estimate of drug-likeness (QED) is 0.723. The monoisotopic (exact) mass is 290 g/mol. The van der Waals surface area contributed by atoms with Crippen molar-refractivity contribution in [3.8, 4) is 0 Å². The number of nitrogens with one attached hydrogen (secondary N) is 1. The Hall–Kier alpha value is -1.39. The molecule has 0 radical (unpaired) electrons. The van der Waals surface area contributed by atoms with E-state index in [9.17, 15) is 9.90 Å². The molecule has 0 bridgehead atoms. The van der Waals surface area contributed by atoms with Crippen molar-refractivity contribution in [1.29, 1.82) is 0 Å². The standard InChI is InChI=1S/C17H26N2O2/c18-15(12-14-8-4-3-5-9-14)16(20)19-13-17(21)10-6-1-2-7-11-17/h3-5,8-9,15,21H,1-2,6-7,10-13,18H2,(H,19,20)/t15-/m0/s1. The van der Waals surface area contributed by atoms with Crippen molar-refractivity contribution >= 4 is 5.91 Å². The van der Waals surface area contributed by atoms with Gasteiger partial charge in [0.1, 0.15) is 0 Å². The number of amides is 1. The lowest BCUT2D eigenvalue weighted by molar-refractivity contribution is -0.123. The molecule has 2 rings (SSSR count). The van der Waals surface area contributed by atoms with E-state index in [0.717, 1.165) is 31.2 Å². The Labute approximate surface area is 126 Å². The Morgan fingerprint density at radius 1 is 1.19 bits per heavy atom. The van der Waals surface area contributed by atoms with E-state index in [1.165, 1.54) is 12.8 Å². The summed E-state index contributed by atoms with van der Waals surface area (Å²) in [6, 6.07) is 9.18. The summed E-state index contributed by atoms with van der Waals surface area (Å²) in [4.78, 5) is 12.1. The van der Waals surface area contributed by atoms with E-state index in [4.69, 9.17) is 5.73 Å². The molecule has 1 fully saturated rings. The highest BCUT2D eigenvalue weighted by molar-refractivity contribution is 5.81. The van der Waals surface area contributed by atoms with Crippen LogP contribution >= 0.6 is 0 Å². The minimum atomic E-state index is -0.751. The van der Waals surface area contributed by atoms with Crippen LogP contribution in [0.2, 0.25) is 0 Å². The van der Waals surface area contributed by atoms with Crippen LogP contribution in [0.3, 0.4) is 0 Å². The van der Waals surface area contributed by atoms with Crippen molar-refractivity contribution in [3.63, 3.8) is 0 Å². The van der Waals surface area contributed by atoms with Crippen molar-refractivity contribution in [3.05, 3.63) is 35.9 Å². The number of hydrogen-bond donors (Lipinski definition) is 3. The van der Waals surface area contributed by atoms with Crippen LogP contribution in [0.15, 0.2) is 30.3 Å². The normalized spacial score (nSPS) is 19.5. The highest BCUT2D eigenvalue weighted by Gasteiger charge is 2.29. The Kier molecular flexibility index (Phi) is 5.76. The van der Waals surface area contributed by atoms with Gasteiger partial charge in [-0.25, -0.2) is 0 Å². The molecule has 4 N–H and O–H groups in total. The van der Waals surface area contributed by atoms with Gasteiger partial charge in [0.05, 0.1) is 11.6 Å². The van der Waals surface area contributed by atoms with Crippen LogP contribution in [0.4, 0.5) is 0 Å². The maximum atomic E-state index is 12.1. The molecule has 0 aliphatic heterocycles. The highest BCUT2D eigenvalue weighted by atomic mass is 16.3. The second-order valence-electron chi connectivity index (χ2n) is 6.15. The van der Waals surface area contributed by atoms with E-state index in [0.29, 0.717) is 13.0 Å². The summed E-state index contributed by atoms with van der Waals surface area (Å²) >= 11 is 0. The molecule has 21 heavy (non-hydrogen) atoms. The predicted molar refractivity (Wildman–Crippen MR) is 83.8 cm³/mol. The summed E-state index contributed by atoms with van der Waals surface area (Å²) in [6.45, 7) is 0.314. The molecule has 1 aliphatic carbocycles. The molecule has 1 atom stereocenters. The molecule has 1 aromatic carbocycles. The van der Waals surface area contributed by atoms with Gasteiger partial charge in [-0.15, -0.1) is 0 Å². The summed E-state index contributed by atoms with van der Waals surface area (Å²) < 4.78 is 0. The van der Waals surface area contributed by atoms with Gasteiger partial charge < -0.3 is 16.2 Å². The first-order valence-electron chi connectivity index (χ1n) is 7.89. The summed E-state index contributed by atoms with van der Waals surface area (Å²) in [5.41, 5.74) is 6.24. The van der Waals surface area contributed by atoms with E-state index < -0.39 is 11.6 Å². The first-order valence-corrected chi connectivity index (χ1v) is 7.89. The van der Waals surface area contributed by atoms with E-state index >= 15 is 0 Å². The largest absolute Gasteiger partial charge is 0.388 e. The fraction of sp³-hybridized carbons (Fsp3) is 0.588. The Morgan fingerprint density at radius 3 is 2.43 bits per heavy atom. The molecule has 4 nitrogen and oxygen atoms in total. The van der Waals surface area contributed by atoms with Gasteiger partial charge in [0.2, 0.25) is 5.91 Å². The summed E-state index contributed by atoms with van der Waals surface area (Å²) in [5.74, 6) is -0.184. The minimum Gasteiger partial charge on any atom is -0.388 e. The molecule has 0 unspecified atom stereocenters. The Morgan fingerprint density at radius 2 is 1.81 bits per heavy atom. The van der Waals surface area contributed by atoms with Crippen molar-refractivity contribution in [1.82, 2.24) is 5.32 Å². The molecular weight excluding hydrogens is 264 g/mol. The van der Waals surface area contributed by atoms with E-state index in [1.807, 2.05) is 30.3 Å². The molecule has 0 spiro atoms. The van der Waals surface area contributed by atoms with E-state index in [1.54, 1.807) is 0 Å². The molecule has 0 aromatic heterocycles. The van der Waals surface area contributed by atoms with Gasteiger partial charge >= 0.3 is 0 Å². The van der Waals surface area contributed by atoms with Crippen LogP contribution in [0.25, 0.3) is 0 Å². The summed E-state index contributed by atoms with van der Waals surface area (Å²) in [5, 5.41) is 13.3. The lowest BCUT2D eigenvalue weighted by Crippen LogP contribution is -2.48. The van der Waals surface area contributed by atoms with Crippen molar-refractivity contribution < 1.29 is 9.90 Å².